The van der Waals surface area contributed by atoms with Crippen LogP contribution >= 0.6 is 0 Å². The van der Waals surface area contributed by atoms with E-state index in [1.807, 2.05) is 0 Å². The molecular formula is C21H11F4N3O. The van der Waals surface area contributed by atoms with Crippen LogP contribution in [0.1, 0.15) is 5.56 Å². The average molecular weight is 397 g/mol. The first-order valence-corrected chi connectivity index (χ1v) is 8.63. The second-order valence-electron chi connectivity index (χ2n) is 6.64. The largest absolute Gasteiger partial charge is 0.417 e. The fourth-order valence-corrected chi connectivity index (χ4v) is 3.71. The maximum absolute atomic E-state index is 13.9. The van der Waals surface area contributed by atoms with E-state index in [0.717, 1.165) is 6.07 Å². The summed E-state index contributed by atoms with van der Waals surface area (Å²) in [5.41, 5.74) is -0.574. The van der Waals surface area contributed by atoms with Gasteiger partial charge in [-0.15, -0.1) is 0 Å². The molecule has 29 heavy (non-hydrogen) atoms. The van der Waals surface area contributed by atoms with Crippen LogP contribution in [0.5, 0.6) is 0 Å². The molecule has 0 aliphatic rings. The van der Waals surface area contributed by atoms with E-state index in [2.05, 4.69) is 15.0 Å². The molecule has 2 aromatic heterocycles. The topological polar surface area (TPSA) is 61.5 Å². The van der Waals surface area contributed by atoms with Crippen molar-refractivity contribution < 1.29 is 17.6 Å². The number of nitrogens with one attached hydrogen (secondary N) is 2. The molecule has 0 spiro atoms. The van der Waals surface area contributed by atoms with E-state index < -0.39 is 23.1 Å². The summed E-state index contributed by atoms with van der Waals surface area (Å²) in [6.07, 6.45) is -3.13. The van der Waals surface area contributed by atoms with Gasteiger partial charge in [-0.3, -0.25) is 4.79 Å². The van der Waals surface area contributed by atoms with E-state index in [9.17, 15) is 22.4 Å². The highest BCUT2D eigenvalue weighted by atomic mass is 19.4. The molecule has 0 saturated heterocycles. The Bertz CT molecular complexity index is 1480. The number of hydrogen-bond donors (Lipinski definition) is 2. The van der Waals surface area contributed by atoms with Crippen molar-refractivity contribution in [3.05, 3.63) is 76.5 Å². The number of benzene rings is 3. The molecule has 0 unspecified atom stereocenters. The Labute approximate surface area is 159 Å². The number of imidazole rings is 1. The first-order valence-electron chi connectivity index (χ1n) is 8.63. The van der Waals surface area contributed by atoms with Crippen LogP contribution in [-0.2, 0) is 6.18 Å². The summed E-state index contributed by atoms with van der Waals surface area (Å²) in [4.78, 5) is 22.4. The van der Waals surface area contributed by atoms with Crippen molar-refractivity contribution in [3.63, 3.8) is 0 Å². The average Bonchev–Trinajstić information content (AvgIpc) is 3.13. The Kier molecular flexibility index (Phi) is 3.55. The molecule has 8 heteroatoms. The molecule has 2 N–H and O–H groups in total. The van der Waals surface area contributed by atoms with Gasteiger partial charge >= 0.3 is 6.18 Å². The fraction of sp³-hybridized carbons (Fsp3) is 0.0476. The third kappa shape index (κ3) is 2.60. The Balaban J connectivity index is 1.95. The number of halogens is 4. The molecule has 0 fully saturated rings. The van der Waals surface area contributed by atoms with E-state index in [-0.39, 0.29) is 16.8 Å². The number of rotatable bonds is 1. The highest BCUT2D eigenvalue weighted by molar-refractivity contribution is 6.23. The molecule has 5 aromatic rings. The van der Waals surface area contributed by atoms with Crippen LogP contribution in [0.4, 0.5) is 17.6 Å². The maximum Gasteiger partial charge on any atom is 0.417 e. The van der Waals surface area contributed by atoms with Gasteiger partial charge in [-0.2, -0.15) is 13.2 Å². The van der Waals surface area contributed by atoms with E-state index >= 15 is 0 Å². The van der Waals surface area contributed by atoms with Crippen molar-refractivity contribution in [1.29, 1.82) is 0 Å². The zero-order valence-corrected chi connectivity index (χ0v) is 14.6. The summed E-state index contributed by atoms with van der Waals surface area (Å²) in [7, 11) is 0. The van der Waals surface area contributed by atoms with Crippen molar-refractivity contribution in [2.75, 3.05) is 0 Å². The molecule has 0 atom stereocenters. The third-order valence-corrected chi connectivity index (χ3v) is 4.93. The van der Waals surface area contributed by atoms with Gasteiger partial charge in [0, 0.05) is 27.9 Å². The van der Waals surface area contributed by atoms with E-state index in [1.54, 1.807) is 6.07 Å². The van der Waals surface area contributed by atoms with Crippen LogP contribution < -0.4 is 5.56 Å². The lowest BCUT2D eigenvalue weighted by Crippen LogP contribution is -2.07. The molecule has 0 saturated carbocycles. The summed E-state index contributed by atoms with van der Waals surface area (Å²) >= 11 is 0. The zero-order valence-electron chi connectivity index (χ0n) is 14.6. The highest BCUT2D eigenvalue weighted by Gasteiger charge is 2.34. The number of aromatic amines is 2. The van der Waals surface area contributed by atoms with Gasteiger partial charge in [0.15, 0.2) is 0 Å². The minimum Gasteiger partial charge on any atom is -0.337 e. The third-order valence-electron chi connectivity index (χ3n) is 4.93. The second kappa shape index (κ2) is 5.91. The minimum atomic E-state index is -4.56. The molecule has 0 aliphatic heterocycles. The van der Waals surface area contributed by atoms with E-state index in [0.29, 0.717) is 27.2 Å². The van der Waals surface area contributed by atoms with Crippen molar-refractivity contribution >= 4 is 32.6 Å². The van der Waals surface area contributed by atoms with Gasteiger partial charge < -0.3 is 9.97 Å². The molecule has 0 aliphatic carbocycles. The summed E-state index contributed by atoms with van der Waals surface area (Å²) in [5, 5.41) is 1.51. The molecule has 144 valence electrons. The van der Waals surface area contributed by atoms with Crippen LogP contribution in [0.2, 0.25) is 0 Å². The standard InChI is InChI=1S/C21H11F4N3O/c22-10-5-6-11-14(9-10)16-13(7-8-26-20(16)29)18-17(11)27-19(28-18)12-3-1-2-4-15(12)21(23,24)25/h1-9H,(H,26,29)(H,27,28). The van der Waals surface area contributed by atoms with Gasteiger partial charge in [0.25, 0.3) is 5.56 Å². The van der Waals surface area contributed by atoms with Gasteiger partial charge in [-0.25, -0.2) is 9.37 Å². The van der Waals surface area contributed by atoms with Crippen LogP contribution in [-0.4, -0.2) is 15.0 Å². The van der Waals surface area contributed by atoms with Gasteiger partial charge in [0.05, 0.1) is 22.0 Å². The Morgan fingerprint density at radius 2 is 1.72 bits per heavy atom. The van der Waals surface area contributed by atoms with Crippen molar-refractivity contribution in [3.8, 4) is 11.4 Å². The Morgan fingerprint density at radius 1 is 0.931 bits per heavy atom. The summed E-state index contributed by atoms with van der Waals surface area (Å²) in [6.45, 7) is 0. The van der Waals surface area contributed by atoms with E-state index in [4.69, 9.17) is 0 Å². The lowest BCUT2D eigenvalue weighted by atomic mass is 10.0. The number of hydrogen-bond acceptors (Lipinski definition) is 2. The van der Waals surface area contributed by atoms with Crippen LogP contribution in [0, 0.1) is 5.82 Å². The van der Waals surface area contributed by atoms with Crippen molar-refractivity contribution in [1.82, 2.24) is 15.0 Å². The molecule has 2 heterocycles. The lowest BCUT2D eigenvalue weighted by Gasteiger charge is -2.10. The predicted octanol–water partition coefficient (Wildman–Crippen LogP) is 5.38. The lowest BCUT2D eigenvalue weighted by molar-refractivity contribution is -0.137. The summed E-state index contributed by atoms with van der Waals surface area (Å²) < 4.78 is 54.3. The number of nitrogens with zero attached hydrogens (tertiary/aromatic N) is 1. The van der Waals surface area contributed by atoms with Crippen LogP contribution in [0.15, 0.2) is 59.5 Å². The molecule has 5 rings (SSSR count). The summed E-state index contributed by atoms with van der Waals surface area (Å²) in [5.74, 6) is -0.508. The van der Waals surface area contributed by atoms with Gasteiger partial charge in [-0.05, 0) is 30.3 Å². The fourth-order valence-electron chi connectivity index (χ4n) is 3.71. The normalized spacial score (nSPS) is 12.3. The Hall–Kier alpha value is -3.68. The first kappa shape index (κ1) is 17.4. The maximum atomic E-state index is 13.9. The molecule has 0 radical (unpaired) electrons. The van der Waals surface area contributed by atoms with E-state index in [1.165, 1.54) is 42.6 Å². The number of H-pyrrole nitrogens is 2. The monoisotopic (exact) mass is 397 g/mol. The summed E-state index contributed by atoms with van der Waals surface area (Å²) in [6, 6.07) is 10.7. The molecule has 3 aromatic carbocycles. The van der Waals surface area contributed by atoms with Crippen LogP contribution in [0.3, 0.4) is 0 Å². The number of aromatic nitrogens is 3. The molecular weight excluding hydrogens is 386 g/mol. The van der Waals surface area contributed by atoms with Gasteiger partial charge in [0.2, 0.25) is 0 Å². The minimum absolute atomic E-state index is 0.0198. The first-order chi connectivity index (χ1) is 13.8. The predicted molar refractivity (Wildman–Crippen MR) is 102 cm³/mol. The quantitative estimate of drug-likeness (QED) is 0.295. The number of alkyl halides is 3. The number of pyridine rings is 1. The van der Waals surface area contributed by atoms with Gasteiger partial charge in [0.1, 0.15) is 11.6 Å². The van der Waals surface area contributed by atoms with Gasteiger partial charge in [-0.1, -0.05) is 18.2 Å². The molecule has 0 amide bonds. The smallest absolute Gasteiger partial charge is 0.337 e. The SMILES string of the molecule is O=c1[nH]ccc2c3[nH]c(-c4ccccc4C(F)(F)F)nc3c3ccc(F)cc3c12. The zero-order chi connectivity index (χ0) is 20.3. The second-order valence-corrected chi connectivity index (χ2v) is 6.64. The van der Waals surface area contributed by atoms with Crippen molar-refractivity contribution in [2.24, 2.45) is 0 Å². The van der Waals surface area contributed by atoms with Crippen LogP contribution in [0.25, 0.3) is 44.0 Å². The molecule has 4 nitrogen and oxygen atoms in total. The highest BCUT2D eigenvalue weighted by Crippen LogP contribution is 2.38. The number of fused-ring (bicyclic) bond motifs is 6. The molecule has 0 bridgehead atoms. The van der Waals surface area contributed by atoms with Crippen molar-refractivity contribution in [2.45, 2.75) is 6.18 Å². The Morgan fingerprint density at radius 3 is 2.52 bits per heavy atom.